The predicted molar refractivity (Wildman–Crippen MR) is 106 cm³/mol. The van der Waals surface area contributed by atoms with Crippen LogP contribution in [0.2, 0.25) is 0 Å². The van der Waals surface area contributed by atoms with Crippen LogP contribution in [0.1, 0.15) is 47.5 Å². The molecule has 1 heterocycles. The van der Waals surface area contributed by atoms with Gasteiger partial charge in [-0.05, 0) is 31.8 Å². The monoisotopic (exact) mass is 422 g/mol. The second-order valence-corrected chi connectivity index (χ2v) is 8.32. The predicted octanol–water partition coefficient (Wildman–Crippen LogP) is 1.89. The average molecular weight is 422 g/mol. The van der Waals surface area contributed by atoms with Gasteiger partial charge in [0.25, 0.3) is 0 Å². The van der Waals surface area contributed by atoms with Crippen molar-refractivity contribution < 1.29 is 38.5 Å². The highest BCUT2D eigenvalue weighted by atomic mass is 16.6. The van der Waals surface area contributed by atoms with Crippen molar-refractivity contribution >= 4 is 23.7 Å². The number of ether oxygens (including phenoxy) is 3. The highest BCUT2D eigenvalue weighted by molar-refractivity contribution is 5.97. The second-order valence-electron chi connectivity index (χ2n) is 8.32. The molecule has 0 spiro atoms. The van der Waals surface area contributed by atoms with Gasteiger partial charge in [-0.25, -0.2) is 4.79 Å². The maximum Gasteiger partial charge on any atom is 0.334 e. The van der Waals surface area contributed by atoms with Crippen LogP contribution < -0.4 is 0 Å². The Morgan fingerprint density at radius 2 is 2.00 bits per heavy atom. The van der Waals surface area contributed by atoms with Gasteiger partial charge in [-0.3, -0.25) is 14.4 Å². The minimum atomic E-state index is -2.21. The Morgan fingerprint density at radius 3 is 2.57 bits per heavy atom. The van der Waals surface area contributed by atoms with E-state index in [0.717, 1.165) is 6.92 Å². The van der Waals surface area contributed by atoms with E-state index in [1.165, 1.54) is 13.0 Å². The van der Waals surface area contributed by atoms with Crippen molar-refractivity contribution in [3.8, 4) is 0 Å². The molecule has 1 fully saturated rings. The fourth-order valence-corrected chi connectivity index (χ4v) is 3.68. The zero-order valence-corrected chi connectivity index (χ0v) is 18.0. The van der Waals surface area contributed by atoms with Crippen LogP contribution in [0.15, 0.2) is 24.3 Å². The minimum Gasteiger partial charge on any atom is -0.458 e. The van der Waals surface area contributed by atoms with Crippen molar-refractivity contribution in [2.75, 3.05) is 0 Å². The summed E-state index contributed by atoms with van der Waals surface area (Å²) in [7, 11) is 0. The lowest BCUT2D eigenvalue weighted by Crippen LogP contribution is -2.58. The van der Waals surface area contributed by atoms with E-state index in [-0.39, 0.29) is 11.5 Å². The molecule has 0 saturated carbocycles. The lowest BCUT2D eigenvalue weighted by atomic mass is 9.77. The number of fused-ring (bicyclic) bond motifs is 1. The van der Waals surface area contributed by atoms with Gasteiger partial charge in [0.05, 0.1) is 11.8 Å². The molecule has 166 valence electrons. The van der Waals surface area contributed by atoms with E-state index in [2.05, 4.69) is 6.58 Å². The molecule has 0 aromatic heterocycles. The van der Waals surface area contributed by atoms with Crippen molar-refractivity contribution in [3.63, 3.8) is 0 Å². The summed E-state index contributed by atoms with van der Waals surface area (Å²) in [5, 5.41) is 11.1. The fourth-order valence-electron chi connectivity index (χ4n) is 3.68. The Bertz CT molecular complexity index is 765. The van der Waals surface area contributed by atoms with Crippen LogP contribution >= 0.6 is 0 Å². The van der Waals surface area contributed by atoms with Gasteiger partial charge in [0, 0.05) is 12.5 Å². The van der Waals surface area contributed by atoms with Crippen LogP contribution in [0.4, 0.5) is 0 Å². The van der Waals surface area contributed by atoms with E-state index >= 15 is 0 Å². The Morgan fingerprint density at radius 1 is 1.37 bits per heavy atom. The number of hydrogen-bond acceptors (Lipinski definition) is 8. The van der Waals surface area contributed by atoms with Crippen molar-refractivity contribution in [3.05, 3.63) is 24.3 Å². The van der Waals surface area contributed by atoms with Crippen LogP contribution in [-0.2, 0) is 33.4 Å². The van der Waals surface area contributed by atoms with E-state index in [1.807, 2.05) is 6.92 Å². The molecule has 8 heteroatoms. The molecule has 0 bridgehead atoms. The molecule has 1 aliphatic carbocycles. The quantitative estimate of drug-likeness (QED) is 0.415. The number of ketones is 1. The van der Waals surface area contributed by atoms with E-state index in [1.54, 1.807) is 19.9 Å². The molecule has 8 nitrogen and oxygen atoms in total. The third-order valence-corrected chi connectivity index (χ3v) is 5.77. The molecule has 1 N–H and O–H groups in total. The van der Waals surface area contributed by atoms with Crippen LogP contribution in [-0.4, -0.2) is 52.7 Å². The molecule has 0 amide bonds. The summed E-state index contributed by atoms with van der Waals surface area (Å²) in [5.41, 5.74) is -2.17. The first kappa shape index (κ1) is 23.8. The minimum absolute atomic E-state index is 0.0408. The molecule has 0 aromatic rings. The Labute approximate surface area is 176 Å². The van der Waals surface area contributed by atoms with E-state index in [0.29, 0.717) is 12.8 Å². The van der Waals surface area contributed by atoms with Gasteiger partial charge in [-0.1, -0.05) is 33.4 Å². The number of carbonyl (C=O) groups excluding carboxylic acids is 4. The summed E-state index contributed by atoms with van der Waals surface area (Å²) in [6.07, 6.45) is 0.0139. The molecule has 0 radical (unpaired) electrons. The summed E-state index contributed by atoms with van der Waals surface area (Å²) in [5.74, 6) is -4.29. The van der Waals surface area contributed by atoms with Gasteiger partial charge >= 0.3 is 17.9 Å². The van der Waals surface area contributed by atoms with E-state index < -0.39 is 59.4 Å². The lowest BCUT2D eigenvalue weighted by molar-refractivity contribution is -0.198. The molecule has 1 aliphatic heterocycles. The molecule has 2 aliphatic rings. The smallest absolute Gasteiger partial charge is 0.334 e. The zero-order valence-electron chi connectivity index (χ0n) is 18.0. The second kappa shape index (κ2) is 9.12. The van der Waals surface area contributed by atoms with Crippen LogP contribution in [0, 0.1) is 17.8 Å². The normalized spacial score (nSPS) is 36.3. The van der Waals surface area contributed by atoms with Gasteiger partial charge in [-0.2, -0.15) is 0 Å². The van der Waals surface area contributed by atoms with Gasteiger partial charge in [-0.15, -0.1) is 0 Å². The first-order valence-electron chi connectivity index (χ1n) is 10.1. The Kier molecular flexibility index (Phi) is 7.23. The first-order chi connectivity index (χ1) is 13.9. The molecule has 7 atom stereocenters. The highest BCUT2D eigenvalue weighted by Crippen LogP contribution is 2.40. The van der Waals surface area contributed by atoms with Crippen molar-refractivity contribution in [1.29, 1.82) is 0 Å². The van der Waals surface area contributed by atoms with Crippen molar-refractivity contribution in [2.45, 2.75) is 71.4 Å². The SMILES string of the molecule is C=C1C(=O)O[C@@H]2CC(C)/C=C\C(=O)[C@](C)(O)C(OC(C)=O)[C@@H](OC(=O)C(C)CC)[C@@H]12. The molecule has 3 unspecified atom stereocenters. The summed E-state index contributed by atoms with van der Waals surface area (Å²) in [6.45, 7) is 11.4. The number of aliphatic hydroxyl groups is 1. The van der Waals surface area contributed by atoms with E-state index in [9.17, 15) is 24.3 Å². The van der Waals surface area contributed by atoms with E-state index in [4.69, 9.17) is 14.2 Å². The molecule has 1 saturated heterocycles. The fraction of sp³-hybridized carbons (Fsp3) is 0.636. The summed E-state index contributed by atoms with van der Waals surface area (Å²) in [6, 6.07) is 0. The molecular weight excluding hydrogens is 392 g/mol. The molecule has 0 aromatic carbocycles. The number of allylic oxidation sites excluding steroid dienone is 1. The van der Waals surface area contributed by atoms with Crippen LogP contribution in [0.25, 0.3) is 0 Å². The number of rotatable bonds is 4. The van der Waals surface area contributed by atoms with Crippen molar-refractivity contribution in [2.24, 2.45) is 17.8 Å². The first-order valence-corrected chi connectivity index (χ1v) is 10.1. The number of carbonyl (C=O) groups is 4. The largest absolute Gasteiger partial charge is 0.458 e. The standard InChI is InChI=1S/C22H30O8/c1-7-12(3)20(25)30-18-17-13(4)21(26)29-15(17)10-11(2)8-9-16(24)22(6,27)19(18)28-14(5)23/h8-9,11-12,15,17-19,27H,4,7,10H2,1-3,5-6H3/b9-8-/t11?,12?,15-,17+,18+,19?,22+/m1/s1. The molecule has 2 rings (SSSR count). The third kappa shape index (κ3) is 4.80. The van der Waals surface area contributed by atoms with Crippen LogP contribution in [0.3, 0.4) is 0 Å². The summed E-state index contributed by atoms with van der Waals surface area (Å²) < 4.78 is 16.5. The maximum atomic E-state index is 12.8. The Balaban J connectivity index is 2.65. The summed E-state index contributed by atoms with van der Waals surface area (Å²) >= 11 is 0. The molecular formula is C22H30O8. The zero-order chi connectivity index (χ0) is 22.8. The van der Waals surface area contributed by atoms with Gasteiger partial charge in [0.1, 0.15) is 6.10 Å². The number of esters is 3. The Hall–Kier alpha value is -2.48. The molecule has 30 heavy (non-hydrogen) atoms. The highest BCUT2D eigenvalue weighted by Gasteiger charge is 2.56. The maximum absolute atomic E-state index is 12.8. The lowest BCUT2D eigenvalue weighted by Gasteiger charge is -2.39. The third-order valence-electron chi connectivity index (χ3n) is 5.77. The topological polar surface area (TPSA) is 116 Å². The van der Waals surface area contributed by atoms with Gasteiger partial charge in [0.15, 0.2) is 23.6 Å². The number of hydrogen-bond donors (Lipinski definition) is 1. The van der Waals surface area contributed by atoms with Gasteiger partial charge in [0.2, 0.25) is 0 Å². The summed E-state index contributed by atoms with van der Waals surface area (Å²) in [4.78, 5) is 49.6. The van der Waals surface area contributed by atoms with Crippen molar-refractivity contribution in [1.82, 2.24) is 0 Å². The van der Waals surface area contributed by atoms with Crippen LogP contribution in [0.5, 0.6) is 0 Å². The van der Waals surface area contributed by atoms with Gasteiger partial charge < -0.3 is 19.3 Å². The average Bonchev–Trinajstić information content (AvgIpc) is 2.94.